The molecule has 0 radical (unpaired) electrons. The minimum absolute atomic E-state index is 0.103. The van der Waals surface area contributed by atoms with E-state index in [4.69, 9.17) is 14.7 Å². The van der Waals surface area contributed by atoms with Crippen molar-refractivity contribution in [2.75, 3.05) is 25.7 Å². The van der Waals surface area contributed by atoms with Crippen molar-refractivity contribution in [2.45, 2.75) is 37.9 Å². The first-order valence-electron chi connectivity index (χ1n) is 10.9. The summed E-state index contributed by atoms with van der Waals surface area (Å²) in [5.74, 6) is 0.652. The maximum atomic E-state index is 13.3. The number of imide groups is 1. The summed E-state index contributed by atoms with van der Waals surface area (Å²) >= 11 is 0. The first-order chi connectivity index (χ1) is 16.4. The van der Waals surface area contributed by atoms with Crippen LogP contribution in [-0.4, -0.2) is 71.5 Å². The molecule has 0 N–H and O–H groups in total. The third-order valence-electron chi connectivity index (χ3n) is 6.82. The van der Waals surface area contributed by atoms with Crippen LogP contribution in [0, 0.1) is 18.3 Å². The Kier molecular flexibility index (Phi) is 5.12. The van der Waals surface area contributed by atoms with E-state index >= 15 is 0 Å². The Morgan fingerprint density at radius 1 is 1.21 bits per heavy atom. The number of nitrogens with zero attached hydrogens (tertiary/aromatic N) is 5. The summed E-state index contributed by atoms with van der Waals surface area (Å²) in [6.45, 7) is 2.10. The number of piperazine rings is 1. The topological polar surface area (TPSA) is 116 Å². The van der Waals surface area contributed by atoms with Crippen LogP contribution in [0.3, 0.4) is 0 Å². The van der Waals surface area contributed by atoms with Gasteiger partial charge in [0, 0.05) is 6.54 Å². The van der Waals surface area contributed by atoms with Crippen molar-refractivity contribution in [1.29, 1.82) is 5.26 Å². The molecule has 1 aromatic carbocycles. The van der Waals surface area contributed by atoms with E-state index in [-0.39, 0.29) is 36.0 Å². The molecule has 4 amide bonds. The number of hydrogen-bond acceptors (Lipinski definition) is 7. The molecule has 0 saturated carbocycles. The van der Waals surface area contributed by atoms with Gasteiger partial charge in [-0.25, -0.2) is 14.7 Å². The highest BCUT2D eigenvalue weighted by atomic mass is 16.5. The van der Waals surface area contributed by atoms with Crippen LogP contribution in [-0.2, 0) is 16.0 Å². The molecule has 4 heterocycles. The lowest BCUT2D eigenvalue weighted by Gasteiger charge is -2.35. The number of urea groups is 1. The highest BCUT2D eigenvalue weighted by Crippen LogP contribution is 2.42. The molecule has 10 heteroatoms. The number of benzene rings is 1. The van der Waals surface area contributed by atoms with Gasteiger partial charge in [-0.05, 0) is 42.7 Å². The number of hydrogen-bond donors (Lipinski definition) is 0. The van der Waals surface area contributed by atoms with E-state index in [9.17, 15) is 14.4 Å². The van der Waals surface area contributed by atoms with Crippen LogP contribution in [0.25, 0.3) is 0 Å². The van der Waals surface area contributed by atoms with Gasteiger partial charge in [0.25, 0.3) is 5.91 Å². The zero-order chi connectivity index (χ0) is 24.1. The highest BCUT2D eigenvalue weighted by molar-refractivity contribution is 6.22. The lowest BCUT2D eigenvalue weighted by molar-refractivity contribution is -0.135. The molecule has 3 fully saturated rings. The Balaban J connectivity index is 1.36. The van der Waals surface area contributed by atoms with Gasteiger partial charge in [-0.15, -0.1) is 0 Å². The second-order valence-electron chi connectivity index (χ2n) is 8.65. The van der Waals surface area contributed by atoms with Gasteiger partial charge < -0.3 is 19.3 Å². The molecule has 3 saturated heterocycles. The molecule has 3 aliphatic rings. The molecule has 0 aliphatic carbocycles. The molecule has 10 nitrogen and oxygen atoms in total. The van der Waals surface area contributed by atoms with Crippen molar-refractivity contribution in [1.82, 2.24) is 14.8 Å². The van der Waals surface area contributed by atoms with E-state index in [1.54, 1.807) is 42.0 Å². The van der Waals surface area contributed by atoms with Crippen LogP contribution in [0.1, 0.15) is 23.2 Å². The third-order valence-corrected chi connectivity index (χ3v) is 6.82. The third kappa shape index (κ3) is 3.15. The van der Waals surface area contributed by atoms with Gasteiger partial charge in [-0.2, -0.15) is 5.26 Å². The Hall–Kier alpha value is -4.13. The molecule has 5 rings (SSSR count). The fourth-order valence-corrected chi connectivity index (χ4v) is 5.25. The van der Waals surface area contributed by atoms with E-state index in [0.29, 0.717) is 35.7 Å². The molecule has 2 aromatic rings. The molecule has 34 heavy (non-hydrogen) atoms. The summed E-state index contributed by atoms with van der Waals surface area (Å²) in [4.78, 5) is 48.2. The Bertz CT molecular complexity index is 1250. The lowest BCUT2D eigenvalue weighted by atomic mass is 10.1. The monoisotopic (exact) mass is 461 g/mol. The number of ether oxygens (including phenoxy) is 2. The molecule has 3 atom stereocenters. The number of aromatic nitrogens is 1. The highest BCUT2D eigenvalue weighted by Gasteiger charge is 2.62. The van der Waals surface area contributed by atoms with Crippen LogP contribution in [0.15, 0.2) is 30.5 Å². The second-order valence-corrected chi connectivity index (χ2v) is 8.65. The molecule has 2 bridgehead atoms. The van der Waals surface area contributed by atoms with Crippen LogP contribution < -0.4 is 14.4 Å². The Morgan fingerprint density at radius 3 is 2.65 bits per heavy atom. The van der Waals surface area contributed by atoms with E-state index in [2.05, 4.69) is 4.98 Å². The average molecular weight is 461 g/mol. The van der Waals surface area contributed by atoms with Crippen molar-refractivity contribution in [3.8, 4) is 17.6 Å². The van der Waals surface area contributed by atoms with Crippen molar-refractivity contribution in [3.63, 3.8) is 0 Å². The summed E-state index contributed by atoms with van der Waals surface area (Å²) in [6, 6.07) is 7.24. The maximum absolute atomic E-state index is 13.3. The fraction of sp³-hybridized carbons (Fsp3) is 0.375. The summed E-state index contributed by atoms with van der Waals surface area (Å²) in [5, 5.41) is 9.11. The predicted molar refractivity (Wildman–Crippen MR) is 119 cm³/mol. The van der Waals surface area contributed by atoms with Gasteiger partial charge in [-0.1, -0.05) is 6.07 Å². The smallest absolute Gasteiger partial charge is 0.332 e. The number of carbonyl (C=O) groups is 3. The molecular formula is C24H23N5O5. The number of carbonyl (C=O) groups excluding carboxylic acids is 3. The summed E-state index contributed by atoms with van der Waals surface area (Å²) in [5.41, 5.74) is 1.94. The SMILES string of the molecule is COc1ccc(CC(=O)N2CC3CC2[C@@H]2C(=O)N(c4cnc(C#N)c(C)c4)C(=O)N32)cc1OC. The van der Waals surface area contributed by atoms with Gasteiger partial charge in [0.2, 0.25) is 5.91 Å². The quantitative estimate of drug-likeness (QED) is 0.622. The van der Waals surface area contributed by atoms with Crippen LogP contribution >= 0.6 is 0 Å². The normalized spacial score (nSPS) is 22.8. The molecule has 3 aliphatic heterocycles. The minimum Gasteiger partial charge on any atom is -0.493 e. The average Bonchev–Trinajstić information content (AvgIpc) is 3.50. The summed E-state index contributed by atoms with van der Waals surface area (Å²) in [7, 11) is 3.09. The van der Waals surface area contributed by atoms with Crippen molar-refractivity contribution < 1.29 is 23.9 Å². The Labute approximate surface area is 196 Å². The van der Waals surface area contributed by atoms with E-state index in [0.717, 1.165) is 10.5 Å². The van der Waals surface area contributed by atoms with Crippen LogP contribution in [0.2, 0.25) is 0 Å². The zero-order valence-electron chi connectivity index (χ0n) is 19.0. The fourth-order valence-electron chi connectivity index (χ4n) is 5.25. The first kappa shape index (κ1) is 21.7. The molecule has 2 unspecified atom stereocenters. The van der Waals surface area contributed by atoms with Gasteiger partial charge in [-0.3, -0.25) is 9.59 Å². The zero-order valence-corrected chi connectivity index (χ0v) is 19.0. The number of aryl methyl sites for hydroxylation is 1. The van der Waals surface area contributed by atoms with Crippen LogP contribution in [0.4, 0.5) is 10.5 Å². The largest absolute Gasteiger partial charge is 0.493 e. The number of likely N-dealkylation sites (tertiary alicyclic amines) is 1. The van der Waals surface area contributed by atoms with E-state index in [1.807, 2.05) is 12.1 Å². The summed E-state index contributed by atoms with van der Waals surface area (Å²) in [6.07, 6.45) is 2.10. The summed E-state index contributed by atoms with van der Waals surface area (Å²) < 4.78 is 10.6. The molecule has 174 valence electrons. The molecule has 0 spiro atoms. The second kappa shape index (κ2) is 8.02. The number of pyridine rings is 1. The molecular weight excluding hydrogens is 438 g/mol. The lowest BCUT2D eigenvalue weighted by Crippen LogP contribution is -2.55. The maximum Gasteiger partial charge on any atom is 0.332 e. The van der Waals surface area contributed by atoms with Crippen LogP contribution in [0.5, 0.6) is 11.5 Å². The van der Waals surface area contributed by atoms with E-state index in [1.165, 1.54) is 13.3 Å². The number of amides is 4. The number of anilines is 1. The van der Waals surface area contributed by atoms with Crippen molar-refractivity contribution in [2.24, 2.45) is 0 Å². The standard InChI is InChI=1S/C24H23N5O5/c1-13-6-15(11-26-17(13)10-25)29-23(31)22-18-9-16(28(22)24(29)32)12-27(18)21(30)8-14-4-5-19(33-2)20(7-14)34-3/h4-7,11,16,18,22H,8-9,12H2,1-3H3/t16?,18?,22-/m1/s1. The Morgan fingerprint density at radius 2 is 1.97 bits per heavy atom. The van der Waals surface area contributed by atoms with Gasteiger partial charge in [0.05, 0.1) is 44.6 Å². The van der Waals surface area contributed by atoms with Crippen molar-refractivity contribution >= 4 is 23.5 Å². The van der Waals surface area contributed by atoms with Gasteiger partial charge in [0.15, 0.2) is 11.5 Å². The number of nitriles is 1. The van der Waals surface area contributed by atoms with Crippen molar-refractivity contribution in [3.05, 3.63) is 47.3 Å². The first-order valence-corrected chi connectivity index (χ1v) is 10.9. The minimum atomic E-state index is -0.712. The number of methoxy groups -OCH3 is 2. The van der Waals surface area contributed by atoms with Gasteiger partial charge in [0.1, 0.15) is 17.8 Å². The number of fused-ring (bicyclic) bond motifs is 5. The molecule has 1 aromatic heterocycles. The number of rotatable bonds is 5. The predicted octanol–water partition coefficient (Wildman–Crippen LogP) is 1.64. The van der Waals surface area contributed by atoms with Gasteiger partial charge >= 0.3 is 6.03 Å². The van der Waals surface area contributed by atoms with E-state index < -0.39 is 12.1 Å².